The van der Waals surface area contributed by atoms with Crippen molar-refractivity contribution in [1.82, 2.24) is 0 Å². The van der Waals surface area contributed by atoms with E-state index in [4.69, 9.17) is 9.47 Å². The van der Waals surface area contributed by atoms with Gasteiger partial charge < -0.3 is 14.8 Å². The van der Waals surface area contributed by atoms with Gasteiger partial charge in [0.25, 0.3) is 0 Å². The van der Waals surface area contributed by atoms with Crippen molar-refractivity contribution < 1.29 is 19.1 Å². The van der Waals surface area contributed by atoms with Gasteiger partial charge in [-0.25, -0.2) is 4.79 Å². The molecule has 0 aliphatic rings. The molecular formula is C27H29NO4S. The van der Waals surface area contributed by atoms with Gasteiger partial charge in [-0.05, 0) is 49.6 Å². The molecule has 1 heterocycles. The first-order valence-corrected chi connectivity index (χ1v) is 11.9. The number of carbonyl (C=O) groups is 2. The van der Waals surface area contributed by atoms with E-state index < -0.39 is 5.97 Å². The molecule has 0 atom stereocenters. The van der Waals surface area contributed by atoms with Crippen molar-refractivity contribution in [1.29, 1.82) is 0 Å². The van der Waals surface area contributed by atoms with Crippen LogP contribution >= 0.6 is 11.3 Å². The normalized spacial score (nSPS) is 10.9. The topological polar surface area (TPSA) is 64.6 Å². The van der Waals surface area contributed by atoms with Crippen LogP contribution in [0.5, 0.6) is 5.75 Å². The Morgan fingerprint density at radius 2 is 1.76 bits per heavy atom. The van der Waals surface area contributed by atoms with Crippen molar-refractivity contribution in [3.63, 3.8) is 0 Å². The second kappa shape index (κ2) is 12.0. The fraction of sp³-hybridized carbons (Fsp3) is 0.259. The summed E-state index contributed by atoms with van der Waals surface area (Å²) in [7, 11) is 0. The molecule has 0 aliphatic heterocycles. The Balaban J connectivity index is 1.77. The third-order valence-corrected chi connectivity index (χ3v) is 5.96. The predicted octanol–water partition coefficient (Wildman–Crippen LogP) is 6.73. The van der Waals surface area contributed by atoms with E-state index in [1.807, 2.05) is 61.5 Å². The van der Waals surface area contributed by atoms with Crippen LogP contribution in [0.15, 0.2) is 60.7 Å². The fourth-order valence-electron chi connectivity index (χ4n) is 3.32. The molecule has 0 saturated heterocycles. The molecular weight excluding hydrogens is 434 g/mol. The van der Waals surface area contributed by atoms with Gasteiger partial charge in [0.2, 0.25) is 5.91 Å². The maximum absolute atomic E-state index is 12.8. The average molecular weight is 464 g/mol. The number of amides is 1. The molecule has 1 N–H and O–H groups in total. The van der Waals surface area contributed by atoms with Crippen LogP contribution in [-0.4, -0.2) is 25.1 Å². The number of ether oxygens (including phenoxy) is 2. The first-order valence-electron chi connectivity index (χ1n) is 11.1. The molecule has 3 rings (SSSR count). The van der Waals surface area contributed by atoms with E-state index in [9.17, 15) is 9.59 Å². The Bertz CT molecular complexity index is 1100. The van der Waals surface area contributed by atoms with E-state index in [1.54, 1.807) is 13.0 Å². The van der Waals surface area contributed by atoms with Gasteiger partial charge in [0.1, 0.15) is 16.3 Å². The lowest BCUT2D eigenvalue weighted by Gasteiger charge is -2.08. The molecule has 1 amide bonds. The lowest BCUT2D eigenvalue weighted by atomic mass is 10.0. The Kier molecular flexibility index (Phi) is 8.84. The number of thiophene rings is 1. The quantitative estimate of drug-likeness (QED) is 0.206. The molecule has 33 heavy (non-hydrogen) atoms. The zero-order valence-electron chi connectivity index (χ0n) is 19.2. The van der Waals surface area contributed by atoms with Gasteiger partial charge in [-0.1, -0.05) is 55.8 Å². The van der Waals surface area contributed by atoms with E-state index in [1.165, 1.54) is 17.4 Å². The van der Waals surface area contributed by atoms with Crippen molar-refractivity contribution in [2.75, 3.05) is 18.5 Å². The average Bonchev–Trinajstić information content (AvgIpc) is 3.15. The SMILES string of the molecule is CCCCOc1ccc(/C=C/C(=O)Nc2sc(C)c(-c3ccccc3)c2C(=O)OCC)cc1. The Morgan fingerprint density at radius 1 is 1.03 bits per heavy atom. The van der Waals surface area contributed by atoms with Crippen LogP contribution in [-0.2, 0) is 9.53 Å². The summed E-state index contributed by atoms with van der Waals surface area (Å²) >= 11 is 1.37. The fourth-order valence-corrected chi connectivity index (χ4v) is 4.39. The van der Waals surface area contributed by atoms with Crippen molar-refractivity contribution in [3.8, 4) is 16.9 Å². The van der Waals surface area contributed by atoms with E-state index in [2.05, 4.69) is 12.2 Å². The van der Waals surface area contributed by atoms with Gasteiger partial charge in [0, 0.05) is 16.5 Å². The number of hydrogen-bond acceptors (Lipinski definition) is 5. The highest BCUT2D eigenvalue weighted by Crippen LogP contribution is 2.40. The van der Waals surface area contributed by atoms with E-state index >= 15 is 0 Å². The van der Waals surface area contributed by atoms with Crippen LogP contribution in [0.2, 0.25) is 0 Å². The Morgan fingerprint density at radius 3 is 2.42 bits per heavy atom. The molecule has 2 aromatic carbocycles. The van der Waals surface area contributed by atoms with E-state index in [0.29, 0.717) is 17.2 Å². The Labute approximate surface area is 199 Å². The summed E-state index contributed by atoms with van der Waals surface area (Å²) in [5, 5.41) is 3.35. The number of unbranched alkanes of at least 4 members (excludes halogenated alkanes) is 1. The highest BCUT2D eigenvalue weighted by Gasteiger charge is 2.25. The first kappa shape index (κ1) is 24.3. The third-order valence-electron chi connectivity index (χ3n) is 4.94. The van der Waals surface area contributed by atoms with Crippen LogP contribution in [0.4, 0.5) is 5.00 Å². The highest BCUT2D eigenvalue weighted by atomic mass is 32.1. The smallest absolute Gasteiger partial charge is 0.341 e. The second-order valence-corrected chi connectivity index (χ2v) is 8.64. The molecule has 6 heteroatoms. The van der Waals surface area contributed by atoms with Crippen molar-refractivity contribution >= 4 is 34.3 Å². The molecule has 172 valence electrons. The second-order valence-electron chi connectivity index (χ2n) is 7.42. The van der Waals surface area contributed by atoms with Crippen LogP contribution in [0.1, 0.15) is 47.5 Å². The van der Waals surface area contributed by atoms with Crippen LogP contribution in [0.25, 0.3) is 17.2 Å². The summed E-state index contributed by atoms with van der Waals surface area (Å²) in [5.41, 5.74) is 2.97. The molecule has 0 saturated carbocycles. The van der Waals surface area contributed by atoms with Crippen LogP contribution in [0.3, 0.4) is 0 Å². The number of anilines is 1. The minimum absolute atomic E-state index is 0.257. The minimum Gasteiger partial charge on any atom is -0.494 e. The lowest BCUT2D eigenvalue weighted by Crippen LogP contribution is -2.12. The van der Waals surface area contributed by atoms with Crippen molar-refractivity contribution in [3.05, 3.63) is 76.7 Å². The number of esters is 1. The minimum atomic E-state index is -0.446. The van der Waals surface area contributed by atoms with Crippen molar-refractivity contribution in [2.45, 2.75) is 33.6 Å². The monoisotopic (exact) mass is 463 g/mol. The number of carbonyl (C=O) groups excluding carboxylic acids is 2. The van der Waals surface area contributed by atoms with Gasteiger partial charge in [0.05, 0.1) is 13.2 Å². The predicted molar refractivity (Wildman–Crippen MR) is 135 cm³/mol. The van der Waals surface area contributed by atoms with E-state index in [0.717, 1.165) is 40.2 Å². The maximum Gasteiger partial charge on any atom is 0.341 e. The summed E-state index contributed by atoms with van der Waals surface area (Å²) in [4.78, 5) is 26.3. The number of hydrogen-bond donors (Lipinski definition) is 1. The van der Waals surface area contributed by atoms with Gasteiger partial charge in [-0.2, -0.15) is 0 Å². The molecule has 5 nitrogen and oxygen atoms in total. The summed E-state index contributed by atoms with van der Waals surface area (Å²) in [6.45, 7) is 6.78. The molecule has 1 aromatic heterocycles. The summed E-state index contributed by atoms with van der Waals surface area (Å²) in [5.74, 6) is 0.0509. The standard InChI is InChI=1S/C27H29NO4S/c1-4-6-18-32-22-15-12-20(13-16-22)14-17-23(29)28-26-25(27(30)31-5-2)24(19(3)33-26)21-10-8-7-9-11-21/h7-17H,4-6,18H2,1-3H3,(H,28,29)/b17-14+. The zero-order valence-corrected chi connectivity index (χ0v) is 20.0. The number of rotatable bonds is 10. The van der Waals surface area contributed by atoms with Crippen molar-refractivity contribution in [2.24, 2.45) is 0 Å². The number of benzene rings is 2. The number of nitrogens with one attached hydrogen (secondary N) is 1. The molecule has 0 spiro atoms. The molecule has 3 aromatic rings. The van der Waals surface area contributed by atoms with Gasteiger partial charge >= 0.3 is 5.97 Å². The van der Waals surface area contributed by atoms with Crippen LogP contribution in [0, 0.1) is 6.92 Å². The van der Waals surface area contributed by atoms with Gasteiger partial charge in [0.15, 0.2) is 0 Å². The lowest BCUT2D eigenvalue weighted by molar-refractivity contribution is -0.111. The summed E-state index contributed by atoms with van der Waals surface area (Å²) < 4.78 is 11.0. The Hall–Kier alpha value is -3.38. The molecule has 0 unspecified atom stereocenters. The van der Waals surface area contributed by atoms with E-state index in [-0.39, 0.29) is 12.5 Å². The van der Waals surface area contributed by atoms with Crippen LogP contribution < -0.4 is 10.1 Å². The summed E-state index contributed by atoms with van der Waals surface area (Å²) in [6.07, 6.45) is 5.29. The summed E-state index contributed by atoms with van der Waals surface area (Å²) in [6, 6.07) is 17.2. The zero-order chi connectivity index (χ0) is 23.6. The third kappa shape index (κ3) is 6.56. The molecule has 0 fully saturated rings. The molecule has 0 bridgehead atoms. The van der Waals surface area contributed by atoms with Gasteiger partial charge in [-0.3, -0.25) is 4.79 Å². The number of aryl methyl sites for hydroxylation is 1. The first-order chi connectivity index (χ1) is 16.0. The highest BCUT2D eigenvalue weighted by molar-refractivity contribution is 7.17. The maximum atomic E-state index is 12.8. The van der Waals surface area contributed by atoms with Gasteiger partial charge in [-0.15, -0.1) is 11.3 Å². The largest absolute Gasteiger partial charge is 0.494 e. The molecule has 0 aliphatic carbocycles. The molecule has 0 radical (unpaired) electrons.